The number of halogens is 1. The Morgan fingerprint density at radius 3 is 2.50 bits per heavy atom. The second-order valence-corrected chi connectivity index (χ2v) is 3.55. The quantitative estimate of drug-likeness (QED) is 0.838. The van der Waals surface area contributed by atoms with Crippen LogP contribution in [0.4, 0.5) is 0 Å². The van der Waals surface area contributed by atoms with E-state index in [1.807, 2.05) is 13.8 Å². The normalized spacial score (nSPS) is 10.9. The van der Waals surface area contributed by atoms with Gasteiger partial charge in [-0.3, -0.25) is 0 Å². The van der Waals surface area contributed by atoms with Crippen molar-refractivity contribution in [2.45, 2.75) is 32.6 Å². The molecule has 0 saturated carbocycles. The van der Waals surface area contributed by atoms with Crippen molar-refractivity contribution in [2.75, 3.05) is 0 Å². The van der Waals surface area contributed by atoms with Crippen molar-refractivity contribution in [1.82, 2.24) is 0 Å². The lowest BCUT2D eigenvalue weighted by Crippen LogP contribution is -1.95. The van der Waals surface area contributed by atoms with Crippen LogP contribution in [0.5, 0.6) is 0 Å². The third kappa shape index (κ3) is 2.10. The van der Waals surface area contributed by atoms with E-state index in [4.69, 9.17) is 21.1 Å². The van der Waals surface area contributed by atoms with E-state index in [1.165, 1.54) is 6.07 Å². The number of furan rings is 1. The molecule has 3 nitrogen and oxygen atoms in total. The second kappa shape index (κ2) is 4.51. The summed E-state index contributed by atoms with van der Waals surface area (Å²) < 4.78 is 5.19. The molecule has 0 aliphatic heterocycles. The minimum Gasteiger partial charge on any atom is -0.475 e. The number of rotatable bonds is 4. The van der Waals surface area contributed by atoms with E-state index in [2.05, 4.69) is 0 Å². The molecule has 0 spiro atoms. The molecule has 1 heterocycles. The molecule has 78 valence electrons. The molecule has 1 aromatic rings. The first-order chi connectivity index (χ1) is 6.60. The Kier molecular flexibility index (Phi) is 3.58. The summed E-state index contributed by atoms with van der Waals surface area (Å²) in [7, 11) is 0. The smallest absolute Gasteiger partial charge is 0.371 e. The van der Waals surface area contributed by atoms with Crippen molar-refractivity contribution >= 4 is 17.6 Å². The van der Waals surface area contributed by atoms with Gasteiger partial charge < -0.3 is 9.52 Å². The van der Waals surface area contributed by atoms with Crippen LogP contribution in [0.3, 0.4) is 0 Å². The molecular weight excluding hydrogens is 204 g/mol. The summed E-state index contributed by atoms with van der Waals surface area (Å²) in [5.41, 5.74) is 0. The average molecular weight is 217 g/mol. The summed E-state index contributed by atoms with van der Waals surface area (Å²) in [6, 6.07) is 1.36. The van der Waals surface area contributed by atoms with Crippen LogP contribution >= 0.6 is 11.6 Å². The first kappa shape index (κ1) is 11.1. The summed E-state index contributed by atoms with van der Waals surface area (Å²) in [6.07, 6.45) is 1.78. The van der Waals surface area contributed by atoms with Crippen LogP contribution in [0.1, 0.15) is 48.9 Å². The molecule has 0 aliphatic carbocycles. The van der Waals surface area contributed by atoms with Crippen LogP contribution in [-0.4, -0.2) is 11.1 Å². The van der Waals surface area contributed by atoms with Gasteiger partial charge in [-0.15, -0.1) is 0 Å². The van der Waals surface area contributed by atoms with Crippen molar-refractivity contribution in [1.29, 1.82) is 0 Å². The van der Waals surface area contributed by atoms with Gasteiger partial charge >= 0.3 is 5.97 Å². The van der Waals surface area contributed by atoms with E-state index in [1.54, 1.807) is 0 Å². The highest BCUT2D eigenvalue weighted by atomic mass is 35.5. The van der Waals surface area contributed by atoms with Crippen molar-refractivity contribution < 1.29 is 14.3 Å². The molecule has 0 bridgehead atoms. The van der Waals surface area contributed by atoms with Gasteiger partial charge in [-0.25, -0.2) is 4.79 Å². The number of hydrogen-bond donors (Lipinski definition) is 1. The van der Waals surface area contributed by atoms with Gasteiger partial charge in [0.05, 0.1) is 5.02 Å². The molecule has 1 N–H and O–H groups in total. The van der Waals surface area contributed by atoms with E-state index in [-0.39, 0.29) is 11.7 Å². The summed E-state index contributed by atoms with van der Waals surface area (Å²) in [6.45, 7) is 4.04. The van der Waals surface area contributed by atoms with E-state index in [0.717, 1.165) is 12.8 Å². The molecule has 0 fully saturated rings. The largest absolute Gasteiger partial charge is 0.475 e. The van der Waals surface area contributed by atoms with Crippen LogP contribution in [0.2, 0.25) is 5.02 Å². The Bertz CT molecular complexity index is 326. The number of aromatic carboxylic acids is 1. The zero-order valence-electron chi connectivity index (χ0n) is 8.21. The van der Waals surface area contributed by atoms with E-state index < -0.39 is 5.97 Å². The zero-order chi connectivity index (χ0) is 10.7. The Hall–Kier alpha value is -0.960. The lowest BCUT2D eigenvalue weighted by molar-refractivity contribution is 0.0659. The number of hydrogen-bond acceptors (Lipinski definition) is 2. The first-order valence-electron chi connectivity index (χ1n) is 4.62. The number of carbonyl (C=O) groups is 1. The van der Waals surface area contributed by atoms with Gasteiger partial charge in [0, 0.05) is 12.0 Å². The molecule has 1 rings (SSSR count). The van der Waals surface area contributed by atoms with Crippen molar-refractivity contribution in [2.24, 2.45) is 0 Å². The standard InChI is InChI=1S/C10H13ClO3/c1-3-6(4-2)9-7(11)5-8(14-9)10(12)13/h5-6H,3-4H2,1-2H3,(H,12,13). The summed E-state index contributed by atoms with van der Waals surface area (Å²) in [5.74, 6) is -0.370. The topological polar surface area (TPSA) is 50.4 Å². The predicted octanol–water partition coefficient (Wildman–Crippen LogP) is 3.53. The van der Waals surface area contributed by atoms with Crippen molar-refractivity contribution in [3.8, 4) is 0 Å². The molecule has 0 aromatic carbocycles. The predicted molar refractivity (Wildman–Crippen MR) is 54.0 cm³/mol. The van der Waals surface area contributed by atoms with Crippen LogP contribution in [0.25, 0.3) is 0 Å². The third-order valence-corrected chi connectivity index (χ3v) is 2.58. The molecule has 0 radical (unpaired) electrons. The molecule has 0 aliphatic rings. The van der Waals surface area contributed by atoms with Gasteiger partial charge in [0.2, 0.25) is 5.76 Å². The highest BCUT2D eigenvalue weighted by Crippen LogP contribution is 2.32. The summed E-state index contributed by atoms with van der Waals surface area (Å²) >= 11 is 5.88. The average Bonchev–Trinajstić information content (AvgIpc) is 2.51. The minimum absolute atomic E-state index is 0.0862. The maximum absolute atomic E-state index is 10.6. The highest BCUT2D eigenvalue weighted by molar-refractivity contribution is 6.31. The van der Waals surface area contributed by atoms with Crippen LogP contribution in [0, 0.1) is 0 Å². The molecule has 14 heavy (non-hydrogen) atoms. The fraction of sp³-hybridized carbons (Fsp3) is 0.500. The SMILES string of the molecule is CCC(CC)c1oc(C(=O)O)cc1Cl. The minimum atomic E-state index is -1.08. The fourth-order valence-corrected chi connectivity index (χ4v) is 1.72. The molecule has 0 amide bonds. The van der Waals surface area contributed by atoms with E-state index in [0.29, 0.717) is 10.8 Å². The van der Waals surface area contributed by atoms with Gasteiger partial charge in [0.15, 0.2) is 0 Å². The summed E-state index contributed by atoms with van der Waals surface area (Å²) in [4.78, 5) is 10.6. The van der Waals surface area contributed by atoms with Gasteiger partial charge in [0.25, 0.3) is 0 Å². The molecule has 0 saturated heterocycles. The van der Waals surface area contributed by atoms with Gasteiger partial charge in [-0.2, -0.15) is 0 Å². The van der Waals surface area contributed by atoms with Crippen molar-refractivity contribution in [3.05, 3.63) is 22.6 Å². The Balaban J connectivity index is 3.02. The van der Waals surface area contributed by atoms with Gasteiger partial charge in [-0.05, 0) is 12.8 Å². The number of carboxylic acids is 1. The van der Waals surface area contributed by atoms with Crippen LogP contribution < -0.4 is 0 Å². The summed E-state index contributed by atoms with van der Waals surface area (Å²) in [5, 5.41) is 9.11. The Labute approximate surface area is 87.7 Å². The first-order valence-corrected chi connectivity index (χ1v) is 5.00. The molecule has 1 aromatic heterocycles. The Morgan fingerprint density at radius 1 is 1.57 bits per heavy atom. The van der Waals surface area contributed by atoms with E-state index in [9.17, 15) is 4.79 Å². The Morgan fingerprint density at radius 2 is 2.14 bits per heavy atom. The van der Waals surface area contributed by atoms with Gasteiger partial charge in [0.1, 0.15) is 5.76 Å². The van der Waals surface area contributed by atoms with Crippen LogP contribution in [0.15, 0.2) is 10.5 Å². The molecule has 0 atom stereocenters. The van der Waals surface area contributed by atoms with Crippen LogP contribution in [-0.2, 0) is 0 Å². The maximum Gasteiger partial charge on any atom is 0.371 e. The third-order valence-electron chi connectivity index (χ3n) is 2.28. The van der Waals surface area contributed by atoms with Gasteiger partial charge in [-0.1, -0.05) is 25.4 Å². The monoisotopic (exact) mass is 216 g/mol. The molecule has 0 unspecified atom stereocenters. The fourth-order valence-electron chi connectivity index (χ4n) is 1.43. The lowest BCUT2D eigenvalue weighted by Gasteiger charge is -2.08. The molecular formula is C10H13ClO3. The highest BCUT2D eigenvalue weighted by Gasteiger charge is 2.19. The van der Waals surface area contributed by atoms with E-state index >= 15 is 0 Å². The maximum atomic E-state index is 10.6. The lowest BCUT2D eigenvalue weighted by atomic mass is 10.0. The van der Waals surface area contributed by atoms with Crippen molar-refractivity contribution in [3.63, 3.8) is 0 Å². The zero-order valence-corrected chi connectivity index (χ0v) is 8.97. The second-order valence-electron chi connectivity index (χ2n) is 3.14. The molecule has 4 heteroatoms. The number of carboxylic acid groups (broad SMARTS) is 1.